The van der Waals surface area contributed by atoms with Crippen LogP contribution in [0.3, 0.4) is 0 Å². The second-order valence-corrected chi connectivity index (χ2v) is 5.86. The van der Waals surface area contributed by atoms with Gasteiger partial charge in [0, 0.05) is 17.9 Å². The Bertz CT molecular complexity index is 762. The Hall–Kier alpha value is -2.65. The second-order valence-electron chi connectivity index (χ2n) is 4.91. The first kappa shape index (κ1) is 14.3. The van der Waals surface area contributed by atoms with E-state index >= 15 is 0 Å². The number of hydrogen-bond donors (Lipinski definition) is 1. The Labute approximate surface area is 131 Å². The Kier molecular flexibility index (Phi) is 3.90. The summed E-state index contributed by atoms with van der Waals surface area (Å²) in [5, 5.41) is 13.1. The molecule has 0 saturated carbocycles. The number of thiophene rings is 1. The van der Waals surface area contributed by atoms with Crippen molar-refractivity contribution in [3.63, 3.8) is 0 Å². The van der Waals surface area contributed by atoms with Crippen LogP contribution in [0.5, 0.6) is 0 Å². The van der Waals surface area contributed by atoms with Gasteiger partial charge in [-0.05, 0) is 35.6 Å². The summed E-state index contributed by atoms with van der Waals surface area (Å²) in [7, 11) is 0. The van der Waals surface area contributed by atoms with Gasteiger partial charge in [0.25, 0.3) is 5.91 Å². The van der Waals surface area contributed by atoms with Crippen LogP contribution in [0.15, 0.2) is 35.7 Å². The van der Waals surface area contributed by atoms with Crippen LogP contribution in [-0.4, -0.2) is 18.4 Å². The van der Waals surface area contributed by atoms with E-state index in [0.29, 0.717) is 17.1 Å². The summed E-state index contributed by atoms with van der Waals surface area (Å²) in [5.41, 5.74) is 2.52. The fraction of sp³-hybridized carbons (Fsp3) is 0.188. The summed E-state index contributed by atoms with van der Waals surface area (Å²) in [6.07, 6.45) is 0.619. The quantitative estimate of drug-likeness (QED) is 0.947. The Morgan fingerprint density at radius 1 is 1.36 bits per heavy atom. The van der Waals surface area contributed by atoms with Gasteiger partial charge in [0.05, 0.1) is 10.9 Å². The molecule has 1 aliphatic rings. The summed E-state index contributed by atoms with van der Waals surface area (Å²) in [6.45, 7) is 0.641. The average molecular weight is 311 g/mol. The summed E-state index contributed by atoms with van der Waals surface area (Å²) in [6, 6.07) is 11.0. The number of nitrogens with zero attached hydrogens (tertiary/aromatic N) is 2. The second kappa shape index (κ2) is 6.00. The van der Waals surface area contributed by atoms with E-state index in [4.69, 9.17) is 5.26 Å². The van der Waals surface area contributed by atoms with Gasteiger partial charge in [-0.15, -0.1) is 11.3 Å². The third kappa shape index (κ3) is 2.71. The Balaban J connectivity index is 1.85. The Morgan fingerprint density at radius 2 is 2.23 bits per heavy atom. The van der Waals surface area contributed by atoms with E-state index in [9.17, 15) is 9.59 Å². The van der Waals surface area contributed by atoms with E-state index in [1.165, 1.54) is 11.3 Å². The van der Waals surface area contributed by atoms with E-state index in [2.05, 4.69) is 5.32 Å². The summed E-state index contributed by atoms with van der Waals surface area (Å²) in [5.74, 6) is -0.370. The van der Waals surface area contributed by atoms with Crippen molar-refractivity contribution < 1.29 is 9.59 Å². The molecule has 1 N–H and O–H groups in total. The number of nitrogens with one attached hydrogen (secondary N) is 1. The number of rotatable bonds is 3. The first-order valence-electron chi connectivity index (χ1n) is 6.84. The van der Waals surface area contributed by atoms with Gasteiger partial charge in [-0.25, -0.2) is 0 Å². The number of fused-ring (bicyclic) bond motifs is 1. The van der Waals surface area contributed by atoms with Gasteiger partial charge in [-0.2, -0.15) is 5.26 Å². The van der Waals surface area contributed by atoms with E-state index in [1.807, 2.05) is 29.6 Å². The predicted octanol–water partition coefficient (Wildman–Crippen LogP) is 2.80. The zero-order valence-electron chi connectivity index (χ0n) is 11.7. The van der Waals surface area contributed by atoms with E-state index in [1.54, 1.807) is 17.0 Å². The van der Waals surface area contributed by atoms with Crippen molar-refractivity contribution in [2.75, 3.05) is 16.8 Å². The van der Waals surface area contributed by atoms with Crippen molar-refractivity contribution in [1.29, 1.82) is 5.26 Å². The molecule has 1 aromatic heterocycles. The first-order valence-corrected chi connectivity index (χ1v) is 7.72. The molecule has 3 rings (SSSR count). The molecule has 1 aromatic carbocycles. The van der Waals surface area contributed by atoms with Crippen LogP contribution in [0.25, 0.3) is 0 Å². The van der Waals surface area contributed by atoms with Crippen LogP contribution in [-0.2, 0) is 11.2 Å². The molecule has 6 heteroatoms. The van der Waals surface area contributed by atoms with Crippen LogP contribution in [0.1, 0.15) is 21.7 Å². The monoisotopic (exact) mass is 311 g/mol. The largest absolute Gasteiger partial charge is 0.325 e. The smallest absolute Gasteiger partial charge is 0.268 e. The zero-order valence-corrected chi connectivity index (χ0v) is 12.5. The molecule has 5 nitrogen and oxygen atoms in total. The fourth-order valence-corrected chi connectivity index (χ4v) is 3.15. The minimum Gasteiger partial charge on any atom is -0.325 e. The van der Waals surface area contributed by atoms with E-state index in [-0.39, 0.29) is 18.2 Å². The maximum atomic E-state index is 12.5. The molecular weight excluding hydrogens is 298 g/mol. The van der Waals surface area contributed by atoms with Gasteiger partial charge in [-0.1, -0.05) is 12.1 Å². The number of anilines is 2. The standard InChI is InChI=1S/C16H13N3O2S/c17-7-5-15(20)18-12-4-3-11-6-8-19(13(11)10-12)16(21)14-2-1-9-22-14/h1-4,9-10H,5-6,8H2,(H,18,20). The van der Waals surface area contributed by atoms with Crippen LogP contribution in [0, 0.1) is 11.3 Å². The minimum absolute atomic E-state index is 0.0192. The molecule has 110 valence electrons. The molecule has 2 amide bonds. The van der Waals surface area contributed by atoms with Gasteiger partial charge in [-0.3, -0.25) is 9.59 Å². The van der Waals surface area contributed by atoms with E-state index < -0.39 is 0 Å². The topological polar surface area (TPSA) is 73.2 Å². The molecule has 0 bridgehead atoms. The van der Waals surface area contributed by atoms with Crippen molar-refractivity contribution in [1.82, 2.24) is 0 Å². The molecule has 2 heterocycles. The predicted molar refractivity (Wildman–Crippen MR) is 85.0 cm³/mol. The first-order chi connectivity index (χ1) is 10.7. The summed E-state index contributed by atoms with van der Waals surface area (Å²) < 4.78 is 0. The molecule has 0 unspecified atom stereocenters. The molecule has 1 aliphatic heterocycles. The lowest BCUT2D eigenvalue weighted by molar-refractivity contribution is -0.115. The summed E-state index contributed by atoms with van der Waals surface area (Å²) >= 11 is 1.42. The lowest BCUT2D eigenvalue weighted by atomic mass is 10.1. The van der Waals surface area contributed by atoms with Crippen LogP contribution < -0.4 is 10.2 Å². The SMILES string of the molecule is N#CCC(=O)Nc1ccc2c(c1)N(C(=O)c1cccs1)CC2. The number of benzene rings is 1. The average Bonchev–Trinajstić information content (AvgIpc) is 3.16. The molecule has 2 aromatic rings. The van der Waals surface area contributed by atoms with Gasteiger partial charge in [0.1, 0.15) is 6.42 Å². The maximum absolute atomic E-state index is 12.5. The van der Waals surface area contributed by atoms with Crippen LogP contribution in [0.2, 0.25) is 0 Å². The maximum Gasteiger partial charge on any atom is 0.268 e. The number of hydrogen-bond acceptors (Lipinski definition) is 4. The lowest BCUT2D eigenvalue weighted by Crippen LogP contribution is -2.28. The number of nitriles is 1. The normalized spacial score (nSPS) is 12.6. The highest BCUT2D eigenvalue weighted by Crippen LogP contribution is 2.32. The van der Waals surface area contributed by atoms with Crippen molar-refractivity contribution in [2.24, 2.45) is 0 Å². The lowest BCUT2D eigenvalue weighted by Gasteiger charge is -2.17. The number of carbonyl (C=O) groups excluding carboxylic acids is 2. The molecule has 0 saturated heterocycles. The molecule has 22 heavy (non-hydrogen) atoms. The van der Waals surface area contributed by atoms with Crippen molar-refractivity contribution >= 4 is 34.5 Å². The summed E-state index contributed by atoms with van der Waals surface area (Å²) in [4.78, 5) is 26.5. The zero-order chi connectivity index (χ0) is 15.5. The van der Waals surface area contributed by atoms with Crippen molar-refractivity contribution in [3.05, 3.63) is 46.2 Å². The molecule has 0 fully saturated rings. The van der Waals surface area contributed by atoms with Gasteiger partial charge < -0.3 is 10.2 Å². The Morgan fingerprint density at radius 3 is 2.95 bits per heavy atom. The molecular formula is C16H13N3O2S. The third-order valence-corrected chi connectivity index (χ3v) is 4.34. The van der Waals surface area contributed by atoms with Crippen LogP contribution in [0.4, 0.5) is 11.4 Å². The fourth-order valence-electron chi connectivity index (χ4n) is 2.48. The van der Waals surface area contributed by atoms with Gasteiger partial charge in [0.2, 0.25) is 5.91 Å². The van der Waals surface area contributed by atoms with E-state index in [0.717, 1.165) is 17.7 Å². The third-order valence-electron chi connectivity index (χ3n) is 3.48. The van der Waals surface area contributed by atoms with Crippen molar-refractivity contribution in [3.8, 4) is 6.07 Å². The molecule has 0 radical (unpaired) electrons. The highest BCUT2D eigenvalue weighted by molar-refractivity contribution is 7.12. The highest BCUT2D eigenvalue weighted by atomic mass is 32.1. The van der Waals surface area contributed by atoms with Crippen molar-refractivity contribution in [2.45, 2.75) is 12.8 Å². The number of carbonyl (C=O) groups is 2. The van der Waals surface area contributed by atoms with Crippen LogP contribution >= 0.6 is 11.3 Å². The van der Waals surface area contributed by atoms with Gasteiger partial charge in [0.15, 0.2) is 0 Å². The van der Waals surface area contributed by atoms with Gasteiger partial charge >= 0.3 is 0 Å². The molecule has 0 spiro atoms. The minimum atomic E-state index is -0.350. The highest BCUT2D eigenvalue weighted by Gasteiger charge is 2.26. The molecule has 0 atom stereocenters. The molecule has 0 aliphatic carbocycles. The number of amides is 2.